The van der Waals surface area contributed by atoms with Crippen molar-refractivity contribution in [2.45, 2.75) is 33.4 Å². The molecule has 0 radical (unpaired) electrons. The van der Waals surface area contributed by atoms with E-state index in [0.717, 1.165) is 0 Å². The number of methoxy groups -OCH3 is 1. The summed E-state index contributed by atoms with van der Waals surface area (Å²) < 4.78 is 25.2. The van der Waals surface area contributed by atoms with E-state index in [9.17, 15) is 18.8 Å². The lowest BCUT2D eigenvalue weighted by atomic mass is 9.99. The topological polar surface area (TPSA) is 81.8 Å². The molecule has 0 saturated heterocycles. The second-order valence-electron chi connectivity index (χ2n) is 7.54. The fraction of sp³-hybridized carbons (Fsp3) is 0.292. The largest absolute Gasteiger partial charge is 0.467 e. The molecule has 32 heavy (non-hydrogen) atoms. The van der Waals surface area contributed by atoms with Crippen LogP contribution in [-0.2, 0) is 18.3 Å². The van der Waals surface area contributed by atoms with Crippen molar-refractivity contribution in [1.82, 2.24) is 9.47 Å². The van der Waals surface area contributed by atoms with E-state index in [1.165, 1.54) is 42.5 Å². The van der Waals surface area contributed by atoms with Crippen LogP contribution in [0.2, 0.25) is 0 Å². The van der Waals surface area contributed by atoms with Crippen LogP contribution in [0.4, 0.5) is 4.39 Å². The Bertz CT molecular complexity index is 1150. The van der Waals surface area contributed by atoms with Gasteiger partial charge in [-0.25, -0.2) is 9.18 Å². The minimum atomic E-state index is -0.886. The van der Waals surface area contributed by atoms with Gasteiger partial charge in [-0.05, 0) is 62.7 Å². The Morgan fingerprint density at radius 1 is 1.16 bits per heavy atom. The summed E-state index contributed by atoms with van der Waals surface area (Å²) in [5.74, 6) is -1.28. The average molecular weight is 440 g/mol. The maximum atomic E-state index is 13.6. The van der Waals surface area contributed by atoms with Gasteiger partial charge in [0.1, 0.15) is 17.3 Å². The van der Waals surface area contributed by atoms with Gasteiger partial charge in [0, 0.05) is 23.9 Å². The summed E-state index contributed by atoms with van der Waals surface area (Å²) >= 11 is 0. The lowest BCUT2D eigenvalue weighted by Crippen LogP contribution is -2.43. The molecule has 0 fully saturated rings. The number of hydrogen-bond donors (Lipinski definition) is 0. The molecule has 2 heterocycles. The highest BCUT2D eigenvalue weighted by molar-refractivity contribution is 6.07. The lowest BCUT2D eigenvalue weighted by molar-refractivity contribution is 0.0586. The third kappa shape index (κ3) is 4.21. The summed E-state index contributed by atoms with van der Waals surface area (Å²) in [6, 6.07) is 7.64. The number of furan rings is 1. The van der Waals surface area contributed by atoms with Crippen molar-refractivity contribution in [3.8, 4) is 0 Å². The minimum Gasteiger partial charge on any atom is -0.467 e. The van der Waals surface area contributed by atoms with Crippen LogP contribution in [0.15, 0.2) is 47.1 Å². The van der Waals surface area contributed by atoms with Crippen molar-refractivity contribution >= 4 is 17.7 Å². The zero-order valence-corrected chi connectivity index (χ0v) is 18.6. The molecule has 0 spiro atoms. The molecule has 2 aromatic heterocycles. The zero-order chi connectivity index (χ0) is 23.6. The summed E-state index contributed by atoms with van der Waals surface area (Å²) in [4.78, 5) is 40.4. The molecule has 0 bridgehead atoms. The number of ketones is 1. The van der Waals surface area contributed by atoms with E-state index in [0.29, 0.717) is 22.6 Å². The van der Waals surface area contributed by atoms with E-state index in [1.54, 1.807) is 44.5 Å². The van der Waals surface area contributed by atoms with E-state index >= 15 is 0 Å². The highest BCUT2D eigenvalue weighted by atomic mass is 19.1. The van der Waals surface area contributed by atoms with Crippen LogP contribution in [0, 0.1) is 19.7 Å². The quantitative estimate of drug-likeness (QED) is 0.409. The predicted molar refractivity (Wildman–Crippen MR) is 115 cm³/mol. The summed E-state index contributed by atoms with van der Waals surface area (Å²) in [6.07, 6.45) is 1.48. The van der Waals surface area contributed by atoms with Gasteiger partial charge in [-0.15, -0.1) is 0 Å². The molecule has 0 aliphatic heterocycles. The Labute approximate surface area is 185 Å². The second kappa shape index (κ2) is 9.21. The first-order valence-electron chi connectivity index (χ1n) is 10.0. The van der Waals surface area contributed by atoms with Crippen LogP contribution < -0.4 is 0 Å². The smallest absolute Gasteiger partial charge is 0.354 e. The zero-order valence-electron chi connectivity index (χ0n) is 18.6. The molecule has 0 aliphatic rings. The van der Waals surface area contributed by atoms with E-state index in [1.807, 2.05) is 0 Å². The van der Waals surface area contributed by atoms with E-state index in [2.05, 4.69) is 0 Å². The van der Waals surface area contributed by atoms with Crippen molar-refractivity contribution in [3.05, 3.63) is 82.3 Å². The number of aromatic nitrogens is 1. The maximum Gasteiger partial charge on any atom is 0.354 e. The molecule has 1 atom stereocenters. The Morgan fingerprint density at radius 2 is 1.81 bits per heavy atom. The number of rotatable bonds is 7. The number of hydrogen-bond acceptors (Lipinski definition) is 5. The number of nitrogens with zero attached hydrogens (tertiary/aromatic N) is 2. The van der Waals surface area contributed by atoms with Gasteiger partial charge in [0.15, 0.2) is 5.78 Å². The van der Waals surface area contributed by atoms with Crippen LogP contribution in [0.3, 0.4) is 0 Å². The van der Waals surface area contributed by atoms with E-state index in [-0.39, 0.29) is 23.6 Å². The fourth-order valence-corrected chi connectivity index (χ4v) is 3.79. The number of carbonyl (C=O) groups is 3. The van der Waals surface area contributed by atoms with Crippen LogP contribution in [0.1, 0.15) is 55.1 Å². The lowest BCUT2D eigenvalue weighted by Gasteiger charge is -2.28. The first-order valence-corrected chi connectivity index (χ1v) is 10.0. The monoisotopic (exact) mass is 440 g/mol. The molecule has 0 saturated carbocycles. The highest BCUT2D eigenvalue weighted by Gasteiger charge is 2.33. The highest BCUT2D eigenvalue weighted by Crippen LogP contribution is 2.26. The van der Waals surface area contributed by atoms with E-state index < -0.39 is 23.7 Å². The summed E-state index contributed by atoms with van der Waals surface area (Å²) in [6.45, 7) is 5.08. The number of amides is 1. The van der Waals surface area contributed by atoms with Gasteiger partial charge in [0.25, 0.3) is 5.91 Å². The van der Waals surface area contributed by atoms with E-state index in [4.69, 9.17) is 9.15 Å². The number of ether oxygens (including phenoxy) is 1. The van der Waals surface area contributed by atoms with Gasteiger partial charge >= 0.3 is 5.97 Å². The van der Waals surface area contributed by atoms with Gasteiger partial charge in [-0.3, -0.25) is 9.59 Å². The summed E-state index contributed by atoms with van der Waals surface area (Å²) in [5.41, 5.74) is 1.96. The van der Waals surface area contributed by atoms with Crippen molar-refractivity contribution in [1.29, 1.82) is 0 Å². The Morgan fingerprint density at radius 3 is 2.38 bits per heavy atom. The fourth-order valence-electron chi connectivity index (χ4n) is 3.79. The SMILES string of the molecule is COC(=O)c1c(C)c(C(=O)[C@@H](C)N(Cc2ccco2)C(=O)c2ccc(F)cc2)c(C)n1C. The molecule has 0 N–H and O–H groups in total. The Kier molecular flexibility index (Phi) is 6.62. The van der Waals surface area contributed by atoms with Crippen molar-refractivity contribution < 1.29 is 27.9 Å². The summed E-state index contributed by atoms with van der Waals surface area (Å²) in [5, 5.41) is 0. The van der Waals surface area contributed by atoms with Gasteiger partial charge in [0.05, 0.1) is 26.0 Å². The summed E-state index contributed by atoms with van der Waals surface area (Å²) in [7, 11) is 2.96. The van der Waals surface area contributed by atoms with Crippen molar-refractivity contribution in [2.24, 2.45) is 7.05 Å². The number of esters is 1. The molecule has 3 rings (SSSR count). The number of benzene rings is 1. The van der Waals surface area contributed by atoms with Crippen LogP contribution in [-0.4, -0.2) is 40.3 Å². The number of Topliss-reactive ketones (excluding diaryl/α,β-unsaturated/α-hetero) is 1. The van der Waals surface area contributed by atoms with Crippen LogP contribution in [0.5, 0.6) is 0 Å². The molecule has 0 unspecified atom stereocenters. The first kappa shape index (κ1) is 23.0. The van der Waals surface area contributed by atoms with Gasteiger partial charge in [-0.1, -0.05) is 0 Å². The van der Waals surface area contributed by atoms with Crippen LogP contribution in [0.25, 0.3) is 0 Å². The van der Waals surface area contributed by atoms with Crippen molar-refractivity contribution in [2.75, 3.05) is 7.11 Å². The average Bonchev–Trinajstić information content (AvgIpc) is 3.37. The molecule has 8 heteroatoms. The molecular formula is C24H25FN2O5. The minimum absolute atomic E-state index is 0.0465. The van der Waals surface area contributed by atoms with Crippen LogP contribution >= 0.6 is 0 Å². The molecule has 1 amide bonds. The second-order valence-corrected chi connectivity index (χ2v) is 7.54. The van der Waals surface area contributed by atoms with Gasteiger partial charge in [0.2, 0.25) is 0 Å². The third-order valence-corrected chi connectivity index (χ3v) is 5.66. The number of carbonyl (C=O) groups excluding carboxylic acids is 3. The Hall–Kier alpha value is -3.68. The molecule has 3 aromatic rings. The van der Waals surface area contributed by atoms with Gasteiger partial charge < -0.3 is 18.6 Å². The molecule has 1 aromatic carbocycles. The van der Waals surface area contributed by atoms with Crippen molar-refractivity contribution in [3.63, 3.8) is 0 Å². The number of halogens is 1. The first-order chi connectivity index (χ1) is 15.2. The third-order valence-electron chi connectivity index (χ3n) is 5.66. The maximum absolute atomic E-state index is 13.6. The predicted octanol–water partition coefficient (Wildman–Crippen LogP) is 4.07. The Balaban J connectivity index is 2.02. The van der Waals surface area contributed by atoms with Gasteiger partial charge in [-0.2, -0.15) is 0 Å². The molecular weight excluding hydrogens is 415 g/mol. The molecule has 7 nitrogen and oxygen atoms in total. The molecule has 168 valence electrons. The normalized spacial score (nSPS) is 11.8. The standard InChI is InChI=1S/C24H25FN2O5/c1-14-20(15(2)26(4)21(14)24(30)31-5)22(28)16(3)27(13-19-7-6-12-32-19)23(29)17-8-10-18(25)11-9-17/h6-12,16H,13H2,1-5H3/t16-/m1/s1. The molecule has 0 aliphatic carbocycles.